The highest BCUT2D eigenvalue weighted by Crippen LogP contribution is 2.39. The third-order valence-corrected chi connectivity index (χ3v) is 6.28. The summed E-state index contributed by atoms with van der Waals surface area (Å²) in [5.74, 6) is 0. The highest BCUT2D eigenvalue weighted by Gasteiger charge is 2.29. The van der Waals surface area contributed by atoms with E-state index in [-0.39, 0.29) is 0 Å². The Hall–Kier alpha value is -2.48. The largest absolute Gasteiger partial charge is 0.493 e. The van der Waals surface area contributed by atoms with Gasteiger partial charge in [0.2, 0.25) is 11.4 Å². The van der Waals surface area contributed by atoms with E-state index in [1.165, 1.54) is 43.7 Å². The highest BCUT2D eigenvalue weighted by molar-refractivity contribution is 5.79. The molecule has 0 radical (unpaired) electrons. The first-order valence-corrected chi connectivity index (χ1v) is 10.3. The molecule has 2 heteroatoms. The fourth-order valence-electron chi connectivity index (χ4n) is 3.98. The lowest BCUT2D eigenvalue weighted by Crippen LogP contribution is -2.04. The third kappa shape index (κ3) is 3.61. The first-order valence-electron chi connectivity index (χ1n) is 10.3. The lowest BCUT2D eigenvalue weighted by Gasteiger charge is -2.14. The molecule has 1 aliphatic rings. The first kappa shape index (κ1) is 20.3. The molecule has 0 unspecified atom stereocenters. The van der Waals surface area contributed by atoms with E-state index in [1.54, 1.807) is 0 Å². The van der Waals surface area contributed by atoms with Crippen LogP contribution in [-0.2, 0) is 0 Å². The molecule has 3 rings (SSSR count). The third-order valence-electron chi connectivity index (χ3n) is 6.28. The van der Waals surface area contributed by atoms with Crippen LogP contribution in [0.25, 0.3) is 16.9 Å². The zero-order valence-electron chi connectivity index (χ0n) is 18.4. The van der Waals surface area contributed by atoms with Crippen LogP contribution in [0.4, 0.5) is 0 Å². The van der Waals surface area contributed by atoms with Crippen molar-refractivity contribution in [1.82, 2.24) is 0 Å². The van der Waals surface area contributed by atoms with E-state index in [1.807, 2.05) is 0 Å². The van der Waals surface area contributed by atoms with Gasteiger partial charge in [-0.2, -0.15) is 0 Å². The minimum atomic E-state index is 0.878. The average molecular weight is 373 g/mol. The van der Waals surface area contributed by atoms with Crippen molar-refractivity contribution in [3.05, 3.63) is 86.0 Å². The standard InChI is InChI=1S/C26H32N2/c1-8-9-10-22-15-25(23-11-16(2)20(6)17(3)12-23)28(27)26(22)24-13-18(4)21(7)19(5)14-24/h11-15H,8-10H2,1-7H3. The van der Waals surface area contributed by atoms with Crippen LogP contribution >= 0.6 is 0 Å². The molecule has 0 aromatic heterocycles. The van der Waals surface area contributed by atoms with E-state index < -0.39 is 0 Å². The van der Waals surface area contributed by atoms with Gasteiger partial charge in [0.15, 0.2) is 0 Å². The monoisotopic (exact) mass is 372 g/mol. The normalized spacial score (nSPS) is 14.1. The second-order valence-corrected chi connectivity index (χ2v) is 8.29. The van der Waals surface area contributed by atoms with Crippen LogP contribution in [0.15, 0.2) is 35.9 Å². The van der Waals surface area contributed by atoms with Crippen molar-refractivity contribution in [3.8, 4) is 0 Å². The van der Waals surface area contributed by atoms with Gasteiger partial charge in [-0.1, -0.05) is 13.3 Å². The molecule has 0 saturated carbocycles. The lowest BCUT2D eigenvalue weighted by atomic mass is 9.96. The average Bonchev–Trinajstić information content (AvgIpc) is 2.98. The Kier molecular flexibility index (Phi) is 5.69. The van der Waals surface area contributed by atoms with Crippen molar-refractivity contribution < 1.29 is 4.70 Å². The van der Waals surface area contributed by atoms with Gasteiger partial charge in [-0.3, -0.25) is 0 Å². The zero-order chi connectivity index (χ0) is 20.6. The van der Waals surface area contributed by atoms with Gasteiger partial charge in [0.05, 0.1) is 0 Å². The number of rotatable bonds is 5. The van der Waals surface area contributed by atoms with E-state index in [0.29, 0.717) is 0 Å². The maximum Gasteiger partial charge on any atom is 0.210 e. The summed E-state index contributed by atoms with van der Waals surface area (Å²) in [5.41, 5.74) is 24.1. The van der Waals surface area contributed by atoms with Crippen LogP contribution in [-0.4, -0.2) is 4.70 Å². The predicted octanol–water partition coefficient (Wildman–Crippen LogP) is 7.53. The van der Waals surface area contributed by atoms with Gasteiger partial charge >= 0.3 is 0 Å². The maximum absolute atomic E-state index is 11.2. The van der Waals surface area contributed by atoms with Crippen molar-refractivity contribution in [2.24, 2.45) is 0 Å². The van der Waals surface area contributed by atoms with E-state index in [9.17, 15) is 5.53 Å². The molecule has 0 fully saturated rings. The van der Waals surface area contributed by atoms with E-state index >= 15 is 0 Å². The molecule has 0 aliphatic carbocycles. The molecule has 0 spiro atoms. The Morgan fingerprint density at radius 3 is 1.68 bits per heavy atom. The number of hydrogen-bond acceptors (Lipinski definition) is 0. The quantitative estimate of drug-likeness (QED) is 0.485. The number of aryl methyl sites for hydroxylation is 4. The molecule has 2 aromatic rings. The number of hydrogen-bond donors (Lipinski definition) is 0. The van der Waals surface area contributed by atoms with Crippen LogP contribution in [0.2, 0.25) is 0 Å². The Morgan fingerprint density at radius 2 is 1.21 bits per heavy atom. The summed E-state index contributed by atoms with van der Waals surface area (Å²) in [4.78, 5) is 0. The zero-order valence-corrected chi connectivity index (χ0v) is 18.4. The van der Waals surface area contributed by atoms with Crippen molar-refractivity contribution in [1.29, 1.82) is 0 Å². The Morgan fingerprint density at radius 1 is 0.750 bits per heavy atom. The Labute approximate surface area is 170 Å². The molecule has 2 nitrogen and oxygen atoms in total. The molecule has 0 amide bonds. The second-order valence-electron chi connectivity index (χ2n) is 8.29. The molecule has 1 aliphatic heterocycles. The summed E-state index contributed by atoms with van der Waals surface area (Å²) >= 11 is 0. The first-order chi connectivity index (χ1) is 13.2. The summed E-state index contributed by atoms with van der Waals surface area (Å²) in [5, 5.41) is 0. The lowest BCUT2D eigenvalue weighted by molar-refractivity contribution is -0.344. The van der Waals surface area contributed by atoms with Crippen molar-refractivity contribution in [2.75, 3.05) is 0 Å². The van der Waals surface area contributed by atoms with Crippen LogP contribution in [0.3, 0.4) is 0 Å². The highest BCUT2D eigenvalue weighted by atomic mass is 15.2. The number of nitrogens with zero attached hydrogens (tertiary/aromatic N) is 2. The van der Waals surface area contributed by atoms with Crippen LogP contribution < -0.4 is 0 Å². The predicted molar refractivity (Wildman–Crippen MR) is 119 cm³/mol. The van der Waals surface area contributed by atoms with Gasteiger partial charge < -0.3 is 5.53 Å². The summed E-state index contributed by atoms with van der Waals surface area (Å²) in [7, 11) is 0. The maximum atomic E-state index is 11.2. The molecular weight excluding hydrogens is 340 g/mol. The van der Waals surface area contributed by atoms with Crippen LogP contribution in [0, 0.1) is 41.5 Å². The molecule has 146 valence electrons. The minimum absolute atomic E-state index is 0.878. The van der Waals surface area contributed by atoms with Gasteiger partial charge in [0.25, 0.3) is 0 Å². The molecule has 28 heavy (non-hydrogen) atoms. The summed E-state index contributed by atoms with van der Waals surface area (Å²) < 4.78 is 1.41. The fraction of sp³-hybridized carbons (Fsp3) is 0.385. The molecule has 2 aromatic carbocycles. The van der Waals surface area contributed by atoms with E-state index in [0.717, 1.165) is 41.8 Å². The number of benzene rings is 2. The molecule has 0 saturated heterocycles. The van der Waals surface area contributed by atoms with E-state index in [4.69, 9.17) is 0 Å². The molecular formula is C26H32N2. The molecule has 1 heterocycles. The second kappa shape index (κ2) is 7.87. The van der Waals surface area contributed by atoms with Crippen LogP contribution in [0.5, 0.6) is 0 Å². The van der Waals surface area contributed by atoms with Gasteiger partial charge in [0.1, 0.15) is 0 Å². The van der Waals surface area contributed by atoms with Crippen molar-refractivity contribution in [2.45, 2.75) is 67.7 Å². The van der Waals surface area contributed by atoms with Gasteiger partial charge in [-0.25, -0.2) is 4.70 Å². The Bertz CT molecular complexity index is 973. The molecule has 0 bridgehead atoms. The van der Waals surface area contributed by atoms with Crippen LogP contribution in [0.1, 0.15) is 70.7 Å². The van der Waals surface area contributed by atoms with Crippen molar-refractivity contribution in [3.63, 3.8) is 0 Å². The smallest absolute Gasteiger partial charge is 0.210 e. The minimum Gasteiger partial charge on any atom is -0.493 e. The Balaban J connectivity index is 2.11. The molecule has 0 N–H and O–H groups in total. The fourth-order valence-corrected chi connectivity index (χ4v) is 3.98. The number of allylic oxidation sites excluding steroid dienone is 2. The van der Waals surface area contributed by atoms with Gasteiger partial charge in [0, 0.05) is 22.8 Å². The summed E-state index contributed by atoms with van der Waals surface area (Å²) in [6.07, 6.45) is 5.41. The SMILES string of the molecule is CCCCC1=C(c2cc(C)c(C)c(C)c2)[N+](=[N-])C(c2cc(C)c(C)c(C)c2)=C1. The summed E-state index contributed by atoms with van der Waals surface area (Å²) in [6.45, 7) is 15.1. The topological polar surface area (TPSA) is 25.3 Å². The molecule has 0 atom stereocenters. The summed E-state index contributed by atoms with van der Waals surface area (Å²) in [6, 6.07) is 8.78. The van der Waals surface area contributed by atoms with Gasteiger partial charge in [-0.15, -0.1) is 0 Å². The van der Waals surface area contributed by atoms with Gasteiger partial charge in [-0.05, 0) is 112 Å². The number of unbranched alkanes of at least 4 members (excludes halogenated alkanes) is 1. The van der Waals surface area contributed by atoms with Crippen molar-refractivity contribution >= 4 is 11.4 Å². The van der Waals surface area contributed by atoms with E-state index in [2.05, 4.69) is 78.8 Å².